The van der Waals surface area contributed by atoms with Crippen LogP contribution < -0.4 is 0 Å². The van der Waals surface area contributed by atoms with E-state index in [1.54, 1.807) is 0 Å². The Kier molecular flexibility index (Phi) is 4.18. The molecule has 0 nitrogen and oxygen atoms in total. The predicted molar refractivity (Wildman–Crippen MR) is 76.0 cm³/mol. The van der Waals surface area contributed by atoms with Crippen LogP contribution >= 0.6 is 0 Å². The Hall–Kier alpha value is -1.78. The molecule has 0 spiro atoms. The fraction of sp³-hybridized carbons (Fsp3) is 0.235. The van der Waals surface area contributed by atoms with Crippen LogP contribution in [0.1, 0.15) is 31.7 Å². The second-order valence-electron chi connectivity index (χ2n) is 4.23. The Bertz CT molecular complexity index is 537. The summed E-state index contributed by atoms with van der Waals surface area (Å²) in [5.41, 5.74) is 4.52. The summed E-state index contributed by atoms with van der Waals surface area (Å²) in [6.45, 7) is 2.21. The maximum Gasteiger partial charge on any atom is -0.0101 e. The molecule has 0 unspecified atom stereocenters. The van der Waals surface area contributed by atoms with Crippen molar-refractivity contribution in [3.8, 4) is 0 Å². The predicted octanol–water partition coefficient (Wildman–Crippen LogP) is 5.20. The first-order valence-electron chi connectivity index (χ1n) is 6.30. The van der Waals surface area contributed by atoms with Gasteiger partial charge in [-0.1, -0.05) is 55.8 Å². The second-order valence-corrected chi connectivity index (χ2v) is 4.23. The summed E-state index contributed by atoms with van der Waals surface area (Å²) in [4.78, 5) is 0. The molecule has 0 aliphatic rings. The quantitative estimate of drug-likeness (QED) is 0.493. The molecule has 0 N–H and O–H groups in total. The van der Waals surface area contributed by atoms with Crippen molar-refractivity contribution in [1.82, 2.24) is 0 Å². The molecule has 0 radical (unpaired) electrons. The molecule has 2 rings (SSSR count). The van der Waals surface area contributed by atoms with E-state index in [0.29, 0.717) is 0 Å². The molecular weight excluding hydrogens is 204 g/mol. The van der Waals surface area contributed by atoms with E-state index in [9.17, 15) is 0 Å². The summed E-state index contributed by atoms with van der Waals surface area (Å²) >= 11 is 0. The number of benzene rings is 2. The van der Waals surface area contributed by atoms with Crippen molar-refractivity contribution in [2.45, 2.75) is 26.2 Å². The normalized spacial score (nSPS) is 9.94. The Labute approximate surface area is 103 Å². The standard InChI is InChI=1S/C17H18/c1-2-3-4-5-6-10-15-12-9-13-16-11-7-8-14-17(15)16/h5,7-14H,2-4H2,1H3. The van der Waals surface area contributed by atoms with Crippen LogP contribution in [0.25, 0.3) is 16.8 Å². The first kappa shape index (κ1) is 11.7. The molecule has 0 aliphatic carbocycles. The topological polar surface area (TPSA) is 0 Å². The van der Waals surface area contributed by atoms with Gasteiger partial charge in [0, 0.05) is 0 Å². The molecule has 0 amide bonds. The van der Waals surface area contributed by atoms with Crippen molar-refractivity contribution >= 4 is 16.8 Å². The number of unbranched alkanes of at least 4 members (excludes halogenated alkanes) is 2. The number of allylic oxidation sites excluding steroid dienone is 1. The van der Waals surface area contributed by atoms with Gasteiger partial charge in [0.25, 0.3) is 0 Å². The van der Waals surface area contributed by atoms with Crippen LogP contribution in [0.4, 0.5) is 0 Å². The average Bonchev–Trinajstić information content (AvgIpc) is 2.39. The third kappa shape index (κ3) is 3.09. The Balaban J connectivity index is 2.27. The zero-order chi connectivity index (χ0) is 11.9. The number of hydrogen-bond acceptors (Lipinski definition) is 0. The largest absolute Gasteiger partial charge is 0.125 e. The van der Waals surface area contributed by atoms with Crippen LogP contribution in [0.3, 0.4) is 0 Å². The summed E-state index contributed by atoms with van der Waals surface area (Å²) < 4.78 is 0. The summed E-state index contributed by atoms with van der Waals surface area (Å²) in [5.74, 6) is 0. The molecule has 0 heteroatoms. The Morgan fingerprint density at radius 1 is 1.06 bits per heavy atom. The highest BCUT2D eigenvalue weighted by Gasteiger charge is 1.94. The van der Waals surface area contributed by atoms with Gasteiger partial charge in [-0.2, -0.15) is 0 Å². The molecule has 2 aromatic rings. The smallest absolute Gasteiger partial charge is 0.0101 e. The van der Waals surface area contributed by atoms with Crippen LogP contribution in [-0.2, 0) is 0 Å². The molecule has 0 atom stereocenters. The van der Waals surface area contributed by atoms with Crippen molar-refractivity contribution in [2.75, 3.05) is 0 Å². The van der Waals surface area contributed by atoms with E-state index in [4.69, 9.17) is 0 Å². The summed E-state index contributed by atoms with van der Waals surface area (Å²) in [7, 11) is 0. The molecule has 86 valence electrons. The van der Waals surface area contributed by atoms with E-state index >= 15 is 0 Å². The third-order valence-electron chi connectivity index (χ3n) is 2.88. The fourth-order valence-corrected chi connectivity index (χ4v) is 1.91. The SMILES string of the molecule is CCCCC=C=Cc1cccc2ccccc12. The highest BCUT2D eigenvalue weighted by Crippen LogP contribution is 2.19. The van der Waals surface area contributed by atoms with E-state index in [1.165, 1.54) is 29.2 Å². The monoisotopic (exact) mass is 222 g/mol. The maximum absolute atomic E-state index is 3.28. The highest BCUT2D eigenvalue weighted by molar-refractivity contribution is 5.90. The van der Waals surface area contributed by atoms with Crippen molar-refractivity contribution in [1.29, 1.82) is 0 Å². The van der Waals surface area contributed by atoms with Gasteiger partial charge in [0.2, 0.25) is 0 Å². The average molecular weight is 222 g/mol. The summed E-state index contributed by atoms with van der Waals surface area (Å²) in [6.07, 6.45) is 7.82. The molecule has 2 aromatic carbocycles. The van der Waals surface area contributed by atoms with Crippen LogP contribution in [0.15, 0.2) is 54.3 Å². The van der Waals surface area contributed by atoms with Gasteiger partial charge in [-0.15, -0.1) is 5.73 Å². The van der Waals surface area contributed by atoms with E-state index < -0.39 is 0 Å². The van der Waals surface area contributed by atoms with Crippen LogP contribution in [0.2, 0.25) is 0 Å². The maximum atomic E-state index is 3.28. The molecular formula is C17H18. The highest BCUT2D eigenvalue weighted by atomic mass is 14.0. The minimum atomic E-state index is 1.12. The van der Waals surface area contributed by atoms with Crippen LogP contribution in [0.5, 0.6) is 0 Å². The first-order valence-corrected chi connectivity index (χ1v) is 6.30. The number of fused-ring (bicyclic) bond motifs is 1. The van der Waals surface area contributed by atoms with Gasteiger partial charge in [0.05, 0.1) is 0 Å². The molecule has 0 aromatic heterocycles. The lowest BCUT2D eigenvalue weighted by Crippen LogP contribution is -1.76. The lowest BCUT2D eigenvalue weighted by Gasteiger charge is -2.00. The van der Waals surface area contributed by atoms with Gasteiger partial charge < -0.3 is 0 Å². The van der Waals surface area contributed by atoms with Gasteiger partial charge in [0.1, 0.15) is 0 Å². The van der Waals surface area contributed by atoms with Crippen molar-refractivity contribution < 1.29 is 0 Å². The Morgan fingerprint density at radius 3 is 2.76 bits per heavy atom. The van der Waals surface area contributed by atoms with E-state index in [-0.39, 0.29) is 0 Å². The minimum Gasteiger partial charge on any atom is -0.125 e. The van der Waals surface area contributed by atoms with E-state index in [0.717, 1.165) is 6.42 Å². The number of rotatable bonds is 4. The third-order valence-corrected chi connectivity index (χ3v) is 2.88. The molecule has 0 fully saturated rings. The lowest BCUT2D eigenvalue weighted by atomic mass is 10.0. The lowest BCUT2D eigenvalue weighted by molar-refractivity contribution is 0.815. The van der Waals surface area contributed by atoms with Gasteiger partial charge >= 0.3 is 0 Å². The van der Waals surface area contributed by atoms with Crippen LogP contribution in [0, 0.1) is 0 Å². The number of hydrogen-bond donors (Lipinski definition) is 0. The molecule has 17 heavy (non-hydrogen) atoms. The van der Waals surface area contributed by atoms with Gasteiger partial charge in [-0.25, -0.2) is 0 Å². The summed E-state index contributed by atoms with van der Waals surface area (Å²) in [6, 6.07) is 14.9. The zero-order valence-corrected chi connectivity index (χ0v) is 10.3. The Morgan fingerprint density at radius 2 is 1.88 bits per heavy atom. The van der Waals surface area contributed by atoms with Crippen molar-refractivity contribution in [2.24, 2.45) is 0 Å². The fourth-order valence-electron chi connectivity index (χ4n) is 1.91. The van der Waals surface area contributed by atoms with Gasteiger partial charge in [-0.05, 0) is 41.3 Å². The minimum absolute atomic E-state index is 1.12. The first-order chi connectivity index (χ1) is 8.42. The van der Waals surface area contributed by atoms with E-state index in [1.807, 2.05) is 0 Å². The van der Waals surface area contributed by atoms with Crippen molar-refractivity contribution in [3.05, 3.63) is 59.8 Å². The van der Waals surface area contributed by atoms with Gasteiger partial charge in [-0.3, -0.25) is 0 Å². The second kappa shape index (κ2) is 6.08. The van der Waals surface area contributed by atoms with Gasteiger partial charge in [0.15, 0.2) is 0 Å². The zero-order valence-electron chi connectivity index (χ0n) is 10.3. The molecule has 0 heterocycles. The van der Waals surface area contributed by atoms with E-state index in [2.05, 4.69) is 67.3 Å². The molecule has 0 bridgehead atoms. The van der Waals surface area contributed by atoms with Crippen LogP contribution in [-0.4, -0.2) is 0 Å². The molecule has 0 aliphatic heterocycles. The summed E-state index contributed by atoms with van der Waals surface area (Å²) in [5, 5.41) is 2.59. The molecule has 0 saturated carbocycles. The molecule has 0 saturated heterocycles. The van der Waals surface area contributed by atoms with Crippen molar-refractivity contribution in [3.63, 3.8) is 0 Å².